The van der Waals surface area contributed by atoms with Gasteiger partial charge in [0.05, 0.1) is 11.3 Å². The minimum Gasteiger partial charge on any atom is -0.423 e. The highest BCUT2D eigenvalue weighted by atomic mass is 19.1. The van der Waals surface area contributed by atoms with E-state index >= 15 is 0 Å². The van der Waals surface area contributed by atoms with Gasteiger partial charge in [-0.2, -0.15) is 0 Å². The van der Waals surface area contributed by atoms with Crippen LogP contribution < -0.4 is 4.74 Å². The van der Waals surface area contributed by atoms with Crippen LogP contribution in [0.4, 0.5) is 10.1 Å². The third kappa shape index (κ3) is 3.08. The molecule has 0 bridgehead atoms. The Balaban J connectivity index is 2.25. The van der Waals surface area contributed by atoms with Crippen molar-refractivity contribution in [2.45, 2.75) is 0 Å². The molecule has 5 nitrogen and oxygen atoms in total. The van der Waals surface area contributed by atoms with Crippen molar-refractivity contribution in [3.8, 4) is 5.75 Å². The third-order valence-electron chi connectivity index (χ3n) is 2.30. The van der Waals surface area contributed by atoms with Crippen LogP contribution in [-0.2, 0) is 0 Å². The zero-order chi connectivity index (χ0) is 13.7. The lowest BCUT2D eigenvalue weighted by Gasteiger charge is -2.05. The zero-order valence-electron chi connectivity index (χ0n) is 9.65. The third-order valence-corrected chi connectivity index (χ3v) is 2.30. The molecule has 0 spiro atoms. The van der Waals surface area contributed by atoms with Gasteiger partial charge in [-0.15, -0.1) is 0 Å². The SMILES string of the molecule is [N-]=[N+]=Nc1ccccc1C(=O)Oc1ccc(F)cc1. The van der Waals surface area contributed by atoms with E-state index in [1.807, 2.05) is 0 Å². The Kier molecular flexibility index (Phi) is 3.75. The number of esters is 1. The topological polar surface area (TPSA) is 75.1 Å². The number of halogens is 1. The van der Waals surface area contributed by atoms with Crippen LogP contribution in [0.15, 0.2) is 53.6 Å². The predicted octanol–water partition coefficient (Wildman–Crippen LogP) is 3.99. The van der Waals surface area contributed by atoms with Gasteiger partial charge in [0, 0.05) is 4.91 Å². The molecule has 19 heavy (non-hydrogen) atoms. The number of hydrogen-bond acceptors (Lipinski definition) is 3. The first kappa shape index (κ1) is 12.6. The van der Waals surface area contributed by atoms with E-state index in [9.17, 15) is 9.18 Å². The fraction of sp³-hybridized carbons (Fsp3) is 0. The van der Waals surface area contributed by atoms with Gasteiger partial charge < -0.3 is 4.74 Å². The summed E-state index contributed by atoms with van der Waals surface area (Å²) < 4.78 is 17.8. The number of benzene rings is 2. The van der Waals surface area contributed by atoms with Crippen LogP contribution in [0.25, 0.3) is 10.4 Å². The second kappa shape index (κ2) is 5.66. The molecule has 0 saturated heterocycles. The molecule has 0 aliphatic carbocycles. The smallest absolute Gasteiger partial charge is 0.343 e. The Labute approximate surface area is 107 Å². The first-order chi connectivity index (χ1) is 9.20. The highest BCUT2D eigenvalue weighted by molar-refractivity contribution is 5.96. The maximum atomic E-state index is 12.7. The molecule has 0 fully saturated rings. The molecule has 0 unspecified atom stereocenters. The molecule has 0 atom stereocenters. The molecule has 0 heterocycles. The van der Waals surface area contributed by atoms with Crippen molar-refractivity contribution in [1.29, 1.82) is 0 Å². The summed E-state index contributed by atoms with van der Waals surface area (Å²) in [6, 6.07) is 11.3. The van der Waals surface area contributed by atoms with Crippen LogP contribution >= 0.6 is 0 Å². The molecule has 0 amide bonds. The van der Waals surface area contributed by atoms with Gasteiger partial charge in [0.15, 0.2) is 0 Å². The molecule has 0 aliphatic rings. The number of rotatable bonds is 3. The van der Waals surface area contributed by atoms with E-state index in [2.05, 4.69) is 10.0 Å². The Hall–Kier alpha value is -2.85. The lowest BCUT2D eigenvalue weighted by Crippen LogP contribution is -2.08. The minimum atomic E-state index is -0.672. The lowest BCUT2D eigenvalue weighted by molar-refractivity contribution is 0.0735. The number of ether oxygens (including phenoxy) is 1. The van der Waals surface area contributed by atoms with Crippen LogP contribution in [-0.4, -0.2) is 5.97 Å². The second-order valence-electron chi connectivity index (χ2n) is 3.55. The molecule has 2 rings (SSSR count). The number of hydrogen-bond donors (Lipinski definition) is 0. The molecule has 0 saturated carbocycles. The van der Waals surface area contributed by atoms with Gasteiger partial charge in [-0.1, -0.05) is 23.3 Å². The van der Waals surface area contributed by atoms with E-state index in [4.69, 9.17) is 10.3 Å². The van der Waals surface area contributed by atoms with E-state index < -0.39 is 11.8 Å². The summed E-state index contributed by atoms with van der Waals surface area (Å²) >= 11 is 0. The first-order valence-electron chi connectivity index (χ1n) is 5.32. The van der Waals surface area contributed by atoms with Crippen molar-refractivity contribution in [1.82, 2.24) is 0 Å². The number of nitrogens with zero attached hydrogens (tertiary/aromatic N) is 3. The highest BCUT2D eigenvalue weighted by Gasteiger charge is 2.12. The molecular weight excluding hydrogens is 249 g/mol. The molecule has 94 valence electrons. The van der Waals surface area contributed by atoms with E-state index in [1.54, 1.807) is 12.1 Å². The summed E-state index contributed by atoms with van der Waals surface area (Å²) in [5, 5.41) is 3.40. The molecule has 6 heteroatoms. The number of carbonyl (C=O) groups is 1. The van der Waals surface area contributed by atoms with Crippen LogP contribution in [0, 0.1) is 5.82 Å². The van der Waals surface area contributed by atoms with Crippen LogP contribution in [0.5, 0.6) is 5.75 Å². The van der Waals surface area contributed by atoms with E-state index in [0.29, 0.717) is 0 Å². The van der Waals surface area contributed by atoms with Gasteiger partial charge in [-0.05, 0) is 35.9 Å². The van der Waals surface area contributed by atoms with E-state index in [-0.39, 0.29) is 17.0 Å². The average Bonchev–Trinajstić information content (AvgIpc) is 2.42. The molecule has 0 N–H and O–H groups in total. The van der Waals surface area contributed by atoms with Crippen molar-refractivity contribution in [3.63, 3.8) is 0 Å². The Bertz CT molecular complexity index is 649. The average molecular weight is 257 g/mol. The maximum Gasteiger partial charge on any atom is 0.343 e. The summed E-state index contributed by atoms with van der Waals surface area (Å²) in [7, 11) is 0. The quantitative estimate of drug-likeness (QED) is 0.274. The summed E-state index contributed by atoms with van der Waals surface area (Å²) in [5.74, 6) is -0.883. The second-order valence-corrected chi connectivity index (χ2v) is 3.55. The predicted molar refractivity (Wildman–Crippen MR) is 66.6 cm³/mol. The van der Waals surface area contributed by atoms with Crippen LogP contribution in [0.2, 0.25) is 0 Å². The van der Waals surface area contributed by atoms with Crippen molar-refractivity contribution in [2.75, 3.05) is 0 Å². The van der Waals surface area contributed by atoms with E-state index in [0.717, 1.165) is 0 Å². The molecule has 0 aliphatic heterocycles. The highest BCUT2D eigenvalue weighted by Crippen LogP contribution is 2.21. The van der Waals surface area contributed by atoms with Crippen molar-refractivity contribution in [2.24, 2.45) is 5.11 Å². The fourth-order valence-electron chi connectivity index (χ4n) is 1.45. The zero-order valence-corrected chi connectivity index (χ0v) is 9.65. The van der Waals surface area contributed by atoms with Gasteiger partial charge in [0.2, 0.25) is 0 Å². The monoisotopic (exact) mass is 257 g/mol. The molecular formula is C13H8FN3O2. The van der Waals surface area contributed by atoms with Crippen LogP contribution in [0.1, 0.15) is 10.4 Å². The number of carbonyl (C=O) groups excluding carboxylic acids is 1. The van der Waals surface area contributed by atoms with Crippen LogP contribution in [0.3, 0.4) is 0 Å². The molecule has 2 aromatic carbocycles. The molecule has 0 aromatic heterocycles. The van der Waals surface area contributed by atoms with Crippen molar-refractivity contribution >= 4 is 11.7 Å². The summed E-state index contributed by atoms with van der Waals surface area (Å²) in [5.41, 5.74) is 8.73. The Morgan fingerprint density at radius 1 is 1.16 bits per heavy atom. The minimum absolute atomic E-state index is 0.143. The van der Waals surface area contributed by atoms with Gasteiger partial charge in [-0.25, -0.2) is 9.18 Å². The summed E-state index contributed by atoms with van der Waals surface area (Å²) in [4.78, 5) is 14.5. The van der Waals surface area contributed by atoms with Gasteiger partial charge in [-0.3, -0.25) is 0 Å². The summed E-state index contributed by atoms with van der Waals surface area (Å²) in [6.07, 6.45) is 0. The van der Waals surface area contributed by atoms with Gasteiger partial charge in [0.1, 0.15) is 11.6 Å². The van der Waals surface area contributed by atoms with Crippen molar-refractivity contribution in [3.05, 3.63) is 70.4 Å². The Morgan fingerprint density at radius 3 is 2.53 bits per heavy atom. The maximum absolute atomic E-state index is 12.7. The fourth-order valence-corrected chi connectivity index (χ4v) is 1.45. The molecule has 0 radical (unpaired) electrons. The molecule has 2 aromatic rings. The van der Waals surface area contributed by atoms with Crippen molar-refractivity contribution < 1.29 is 13.9 Å². The number of azide groups is 1. The summed E-state index contributed by atoms with van der Waals surface area (Å²) in [6.45, 7) is 0. The van der Waals surface area contributed by atoms with E-state index in [1.165, 1.54) is 36.4 Å². The standard InChI is InChI=1S/C13H8FN3O2/c14-9-5-7-10(8-6-9)19-13(18)11-3-1-2-4-12(11)16-17-15/h1-8H. The van der Waals surface area contributed by atoms with Gasteiger partial charge >= 0.3 is 5.97 Å². The largest absolute Gasteiger partial charge is 0.423 e. The first-order valence-corrected chi connectivity index (χ1v) is 5.32. The lowest BCUT2D eigenvalue weighted by atomic mass is 10.2. The van der Waals surface area contributed by atoms with Gasteiger partial charge in [0.25, 0.3) is 0 Å². The Morgan fingerprint density at radius 2 is 1.84 bits per heavy atom. The normalized spacial score (nSPS) is 9.53.